The summed E-state index contributed by atoms with van der Waals surface area (Å²) in [6, 6.07) is 16.7. The summed E-state index contributed by atoms with van der Waals surface area (Å²) in [5.74, 6) is -2.16. The summed E-state index contributed by atoms with van der Waals surface area (Å²) in [6.45, 7) is 8.96. The summed E-state index contributed by atoms with van der Waals surface area (Å²) in [7, 11) is 0. The van der Waals surface area contributed by atoms with Crippen molar-refractivity contribution in [3.63, 3.8) is 0 Å². The van der Waals surface area contributed by atoms with E-state index in [0.29, 0.717) is 24.0 Å². The standard InChI is InChI=1S/C46H66O4/c1-5-9-13-17-21-37-27-25-35(29-39(37)23-19-15-11-7-3)31-41-33-42(44(46(49)50)34-43(41)45(47)48)32-36-26-28-38(22-18-14-10-6-2)40(30-36)24-20-16-12-8-4/h25-30,33-34H,5-24,31-32H2,1-4H3,(H,47,48)(H,49,50). The van der Waals surface area contributed by atoms with E-state index in [4.69, 9.17) is 0 Å². The summed E-state index contributed by atoms with van der Waals surface area (Å²) in [5, 5.41) is 20.5. The molecule has 0 bridgehead atoms. The molecule has 0 aliphatic carbocycles. The molecule has 0 radical (unpaired) electrons. The number of carboxylic acids is 2. The Morgan fingerprint density at radius 1 is 0.400 bits per heavy atom. The summed E-state index contributed by atoms with van der Waals surface area (Å²) in [4.78, 5) is 25.0. The second-order valence-electron chi connectivity index (χ2n) is 14.6. The molecular formula is C46H66O4. The van der Waals surface area contributed by atoms with Crippen LogP contribution >= 0.6 is 0 Å². The lowest BCUT2D eigenvalue weighted by molar-refractivity contribution is 0.0695. The zero-order chi connectivity index (χ0) is 36.1. The number of rotatable bonds is 26. The zero-order valence-corrected chi connectivity index (χ0v) is 31.9. The van der Waals surface area contributed by atoms with Gasteiger partial charge in [-0.2, -0.15) is 0 Å². The van der Waals surface area contributed by atoms with E-state index < -0.39 is 11.9 Å². The molecule has 0 unspecified atom stereocenters. The SMILES string of the molecule is CCCCCCc1ccc(Cc2cc(Cc3ccc(CCCCCC)c(CCCCCC)c3)c(C(=O)O)cc2C(=O)O)cc1CCCCCC. The Bertz CT molecular complexity index is 1360. The molecule has 2 N–H and O–H groups in total. The second-order valence-corrected chi connectivity index (χ2v) is 14.6. The van der Waals surface area contributed by atoms with Gasteiger partial charge in [0.05, 0.1) is 11.1 Å². The summed E-state index contributed by atoms with van der Waals surface area (Å²) in [6.07, 6.45) is 24.7. The predicted molar refractivity (Wildman–Crippen MR) is 210 cm³/mol. The van der Waals surface area contributed by atoms with Crippen LogP contribution in [0.2, 0.25) is 0 Å². The van der Waals surface area contributed by atoms with E-state index >= 15 is 0 Å². The Balaban J connectivity index is 1.95. The van der Waals surface area contributed by atoms with Crippen LogP contribution in [0.1, 0.15) is 196 Å². The molecule has 0 aliphatic rings. The monoisotopic (exact) mass is 682 g/mol. The number of hydrogen-bond acceptors (Lipinski definition) is 2. The van der Waals surface area contributed by atoms with Gasteiger partial charge in [-0.15, -0.1) is 0 Å². The van der Waals surface area contributed by atoms with Gasteiger partial charge in [0.2, 0.25) is 0 Å². The van der Waals surface area contributed by atoms with Gasteiger partial charge in [-0.05, 0) is 115 Å². The minimum atomic E-state index is -1.08. The molecule has 0 amide bonds. The Hall–Kier alpha value is -3.40. The molecule has 0 aliphatic heterocycles. The normalized spacial score (nSPS) is 11.3. The number of hydrogen-bond donors (Lipinski definition) is 2. The van der Waals surface area contributed by atoms with Gasteiger partial charge in [-0.1, -0.05) is 147 Å². The molecule has 0 fully saturated rings. The molecule has 0 aromatic heterocycles. The van der Waals surface area contributed by atoms with E-state index in [2.05, 4.69) is 64.1 Å². The highest BCUT2D eigenvalue weighted by atomic mass is 16.4. The van der Waals surface area contributed by atoms with E-state index in [1.165, 1.54) is 118 Å². The van der Waals surface area contributed by atoms with E-state index in [-0.39, 0.29) is 11.1 Å². The van der Waals surface area contributed by atoms with E-state index in [0.717, 1.165) is 49.7 Å². The van der Waals surface area contributed by atoms with Crippen molar-refractivity contribution in [2.24, 2.45) is 0 Å². The predicted octanol–water partition coefficient (Wildman–Crippen LogP) is 12.8. The number of carboxylic acid groups (broad SMARTS) is 2. The van der Waals surface area contributed by atoms with Gasteiger partial charge in [0.1, 0.15) is 0 Å². The van der Waals surface area contributed by atoms with Crippen LogP contribution in [0.15, 0.2) is 48.5 Å². The third kappa shape index (κ3) is 13.7. The van der Waals surface area contributed by atoms with E-state index in [1.54, 1.807) is 0 Å². The van der Waals surface area contributed by atoms with Crippen molar-refractivity contribution in [2.75, 3.05) is 0 Å². The van der Waals surface area contributed by atoms with Crippen molar-refractivity contribution < 1.29 is 19.8 Å². The molecule has 0 saturated carbocycles. The molecule has 4 nitrogen and oxygen atoms in total. The summed E-state index contributed by atoms with van der Waals surface area (Å²) >= 11 is 0. The van der Waals surface area contributed by atoms with Crippen molar-refractivity contribution in [3.8, 4) is 0 Å². The van der Waals surface area contributed by atoms with Crippen LogP contribution in [-0.4, -0.2) is 22.2 Å². The van der Waals surface area contributed by atoms with Gasteiger partial charge in [-0.3, -0.25) is 0 Å². The maximum atomic E-state index is 12.5. The summed E-state index contributed by atoms with van der Waals surface area (Å²) < 4.78 is 0. The minimum absolute atomic E-state index is 0.0818. The minimum Gasteiger partial charge on any atom is -0.478 e. The molecule has 3 aromatic carbocycles. The number of unbranched alkanes of at least 4 members (excludes halogenated alkanes) is 12. The first-order valence-corrected chi connectivity index (χ1v) is 20.1. The topological polar surface area (TPSA) is 74.6 Å². The van der Waals surface area contributed by atoms with Gasteiger partial charge >= 0.3 is 11.9 Å². The molecule has 4 heteroatoms. The molecule has 0 saturated heterocycles. The first-order chi connectivity index (χ1) is 24.3. The molecule has 3 rings (SSSR count). The summed E-state index contributed by atoms with van der Waals surface area (Å²) in [5.41, 5.74) is 9.30. The van der Waals surface area contributed by atoms with Gasteiger partial charge in [0.15, 0.2) is 0 Å². The fourth-order valence-corrected chi connectivity index (χ4v) is 7.33. The van der Waals surface area contributed by atoms with Crippen molar-refractivity contribution in [1.82, 2.24) is 0 Å². The number of aryl methyl sites for hydroxylation is 4. The highest BCUT2D eigenvalue weighted by Crippen LogP contribution is 2.27. The molecule has 0 atom stereocenters. The number of benzene rings is 3. The lowest BCUT2D eigenvalue weighted by atomic mass is 9.88. The maximum absolute atomic E-state index is 12.5. The van der Waals surface area contributed by atoms with E-state index in [9.17, 15) is 19.8 Å². The third-order valence-electron chi connectivity index (χ3n) is 10.3. The third-order valence-corrected chi connectivity index (χ3v) is 10.3. The van der Waals surface area contributed by atoms with Gasteiger partial charge < -0.3 is 10.2 Å². The lowest BCUT2D eigenvalue weighted by Crippen LogP contribution is -2.11. The van der Waals surface area contributed by atoms with Crippen LogP contribution in [0.3, 0.4) is 0 Å². The fourth-order valence-electron chi connectivity index (χ4n) is 7.33. The van der Waals surface area contributed by atoms with Crippen molar-refractivity contribution >= 4 is 11.9 Å². The first-order valence-electron chi connectivity index (χ1n) is 20.1. The molecule has 0 heterocycles. The highest BCUT2D eigenvalue weighted by Gasteiger charge is 2.20. The van der Waals surface area contributed by atoms with Crippen molar-refractivity contribution in [2.45, 2.75) is 169 Å². The van der Waals surface area contributed by atoms with Crippen LogP contribution in [0.25, 0.3) is 0 Å². The largest absolute Gasteiger partial charge is 0.478 e. The lowest BCUT2D eigenvalue weighted by Gasteiger charge is -2.16. The zero-order valence-electron chi connectivity index (χ0n) is 31.9. The molecule has 50 heavy (non-hydrogen) atoms. The number of aromatic carboxylic acids is 2. The van der Waals surface area contributed by atoms with Gasteiger partial charge in [0.25, 0.3) is 0 Å². The Morgan fingerprint density at radius 2 is 0.740 bits per heavy atom. The quantitative estimate of drug-likeness (QED) is 0.0826. The van der Waals surface area contributed by atoms with Crippen LogP contribution < -0.4 is 0 Å². The van der Waals surface area contributed by atoms with Gasteiger partial charge in [0, 0.05) is 0 Å². The average molecular weight is 683 g/mol. The fraction of sp³-hybridized carbons (Fsp3) is 0.565. The average Bonchev–Trinajstić information content (AvgIpc) is 3.10. The smallest absolute Gasteiger partial charge is 0.336 e. The van der Waals surface area contributed by atoms with Crippen molar-refractivity contribution in [1.29, 1.82) is 0 Å². The molecule has 274 valence electrons. The number of carbonyl (C=O) groups is 2. The molecule has 3 aromatic rings. The highest BCUT2D eigenvalue weighted by molar-refractivity contribution is 5.96. The Morgan fingerprint density at radius 3 is 1.06 bits per heavy atom. The van der Waals surface area contributed by atoms with Crippen LogP contribution in [0, 0.1) is 0 Å². The van der Waals surface area contributed by atoms with E-state index in [1.807, 2.05) is 6.07 Å². The Labute approximate surface area is 304 Å². The van der Waals surface area contributed by atoms with Crippen LogP contribution in [-0.2, 0) is 38.5 Å². The van der Waals surface area contributed by atoms with Crippen molar-refractivity contribution in [3.05, 3.63) is 104 Å². The molecule has 0 spiro atoms. The second kappa shape index (κ2) is 23.1. The van der Waals surface area contributed by atoms with Crippen LogP contribution in [0.5, 0.6) is 0 Å². The Kier molecular flexibility index (Phi) is 19.0. The van der Waals surface area contributed by atoms with Crippen LogP contribution in [0.4, 0.5) is 0 Å². The first kappa shape index (κ1) is 41.0. The van der Waals surface area contributed by atoms with Gasteiger partial charge in [-0.25, -0.2) is 9.59 Å². The molecular weight excluding hydrogens is 617 g/mol. The maximum Gasteiger partial charge on any atom is 0.336 e.